The predicted octanol–water partition coefficient (Wildman–Crippen LogP) is 4.10. The molecule has 1 atom stereocenters. The van der Waals surface area contributed by atoms with Crippen LogP contribution in [0.25, 0.3) is 0 Å². The molecule has 0 bridgehead atoms. The Morgan fingerprint density at radius 3 is 2.64 bits per heavy atom. The Morgan fingerprint density at radius 2 is 1.93 bits per heavy atom. The van der Waals surface area contributed by atoms with Gasteiger partial charge in [-0.15, -0.1) is 0 Å². The molecule has 0 saturated carbocycles. The molecular weight excluding hydrogens is 424 g/mol. The summed E-state index contributed by atoms with van der Waals surface area (Å²) in [5.74, 6) is 0.0158. The molecule has 0 fully saturated rings. The molecule has 1 heterocycles. The van der Waals surface area contributed by atoms with Gasteiger partial charge in [0.15, 0.2) is 11.9 Å². The predicted molar refractivity (Wildman–Crippen MR) is 111 cm³/mol. The molecule has 7 heteroatoms. The largest absolute Gasteiger partial charge is 0.479 e. The normalized spacial score (nSPS) is 15.6. The van der Waals surface area contributed by atoms with E-state index in [0.717, 1.165) is 15.7 Å². The Kier molecular flexibility index (Phi) is 5.84. The van der Waals surface area contributed by atoms with Crippen molar-refractivity contribution in [1.82, 2.24) is 0 Å². The van der Waals surface area contributed by atoms with Crippen molar-refractivity contribution >= 4 is 44.9 Å². The summed E-state index contributed by atoms with van der Waals surface area (Å²) >= 11 is 3.38. The number of anilines is 2. The smallest absolute Gasteiger partial charge is 0.267 e. The van der Waals surface area contributed by atoms with Crippen molar-refractivity contribution < 1.29 is 19.1 Å². The first-order valence-electron chi connectivity index (χ1n) is 8.93. The van der Waals surface area contributed by atoms with Crippen LogP contribution in [0.1, 0.15) is 35.7 Å². The van der Waals surface area contributed by atoms with Gasteiger partial charge < -0.3 is 15.0 Å². The van der Waals surface area contributed by atoms with Crippen molar-refractivity contribution in [2.45, 2.75) is 32.8 Å². The number of nitrogens with zero attached hydrogens (tertiary/aromatic N) is 1. The van der Waals surface area contributed by atoms with E-state index in [0.29, 0.717) is 17.0 Å². The molecule has 146 valence electrons. The highest BCUT2D eigenvalue weighted by Gasteiger charge is 2.29. The molecular formula is C21H21BrN2O4. The second kappa shape index (κ2) is 8.14. The number of benzene rings is 2. The van der Waals surface area contributed by atoms with Gasteiger partial charge in [-0.1, -0.05) is 15.9 Å². The molecule has 0 aromatic heterocycles. The molecule has 2 aromatic carbocycles. The first-order valence-corrected chi connectivity index (χ1v) is 9.73. The molecule has 2 aromatic rings. The van der Waals surface area contributed by atoms with Gasteiger partial charge in [-0.3, -0.25) is 14.4 Å². The van der Waals surface area contributed by atoms with E-state index in [1.807, 2.05) is 25.1 Å². The average Bonchev–Trinajstić information content (AvgIpc) is 2.66. The fourth-order valence-electron chi connectivity index (χ4n) is 3.04. The summed E-state index contributed by atoms with van der Waals surface area (Å²) < 4.78 is 6.50. The van der Waals surface area contributed by atoms with E-state index >= 15 is 0 Å². The molecule has 0 radical (unpaired) electrons. The van der Waals surface area contributed by atoms with Crippen LogP contribution in [0.3, 0.4) is 0 Å². The molecule has 3 rings (SSSR count). The average molecular weight is 445 g/mol. The number of carbonyl (C=O) groups excluding carboxylic acids is 3. The highest BCUT2D eigenvalue weighted by atomic mass is 79.9. The van der Waals surface area contributed by atoms with Gasteiger partial charge in [0, 0.05) is 35.6 Å². The third kappa shape index (κ3) is 4.25. The van der Waals surface area contributed by atoms with E-state index in [1.54, 1.807) is 32.2 Å². The van der Waals surface area contributed by atoms with E-state index < -0.39 is 6.10 Å². The lowest BCUT2D eigenvalue weighted by Crippen LogP contribution is -2.42. The van der Waals surface area contributed by atoms with Crippen LogP contribution in [0.5, 0.6) is 5.75 Å². The Labute approximate surface area is 172 Å². The molecule has 1 N–H and O–H groups in total. The molecule has 28 heavy (non-hydrogen) atoms. The SMILES string of the molecule is Cc1cc(Br)ccc1NC(=O)CCC(=O)c1ccc2c(c1)N(C)C(=O)C(C)O2. The Hall–Kier alpha value is -2.67. The number of ether oxygens (including phenoxy) is 1. The topological polar surface area (TPSA) is 75.7 Å². The third-order valence-corrected chi connectivity index (χ3v) is 5.16. The molecule has 1 unspecified atom stereocenters. The van der Waals surface area contributed by atoms with Gasteiger partial charge in [-0.05, 0) is 55.8 Å². The summed E-state index contributed by atoms with van der Waals surface area (Å²) in [5, 5.41) is 2.83. The summed E-state index contributed by atoms with van der Waals surface area (Å²) in [6.07, 6.45) is -0.396. The van der Waals surface area contributed by atoms with Crippen molar-refractivity contribution in [3.8, 4) is 5.75 Å². The summed E-state index contributed by atoms with van der Waals surface area (Å²) in [4.78, 5) is 38.3. The second-order valence-electron chi connectivity index (χ2n) is 6.77. The second-order valence-corrected chi connectivity index (χ2v) is 7.69. The van der Waals surface area contributed by atoms with E-state index in [2.05, 4.69) is 21.2 Å². The number of fused-ring (bicyclic) bond motifs is 1. The Bertz CT molecular complexity index is 957. The molecule has 2 amide bonds. The number of likely N-dealkylation sites (N-methyl/N-ethyl adjacent to an activating group) is 1. The zero-order valence-corrected chi connectivity index (χ0v) is 17.5. The number of Topliss-reactive ketones (excluding diaryl/α,β-unsaturated/α-hetero) is 1. The molecule has 6 nitrogen and oxygen atoms in total. The van der Waals surface area contributed by atoms with Crippen molar-refractivity contribution in [2.75, 3.05) is 17.3 Å². The van der Waals surface area contributed by atoms with Crippen LogP contribution >= 0.6 is 15.9 Å². The molecule has 1 aliphatic rings. The number of carbonyl (C=O) groups is 3. The Morgan fingerprint density at radius 1 is 1.18 bits per heavy atom. The van der Waals surface area contributed by atoms with Crippen molar-refractivity contribution in [3.05, 3.63) is 52.0 Å². The first kappa shape index (κ1) is 20.1. The number of amides is 2. The van der Waals surface area contributed by atoms with Crippen LogP contribution in [-0.4, -0.2) is 30.7 Å². The highest BCUT2D eigenvalue weighted by Crippen LogP contribution is 2.34. The number of nitrogens with one attached hydrogen (secondary N) is 1. The van der Waals surface area contributed by atoms with Crippen LogP contribution in [0.15, 0.2) is 40.9 Å². The molecule has 0 saturated heterocycles. The zero-order chi connectivity index (χ0) is 20.4. The zero-order valence-electron chi connectivity index (χ0n) is 15.9. The summed E-state index contributed by atoms with van der Waals surface area (Å²) in [6.45, 7) is 3.59. The lowest BCUT2D eigenvalue weighted by atomic mass is 10.0. The van der Waals surface area contributed by atoms with Crippen LogP contribution in [0, 0.1) is 6.92 Å². The minimum Gasteiger partial charge on any atom is -0.479 e. The lowest BCUT2D eigenvalue weighted by molar-refractivity contribution is -0.125. The fraction of sp³-hybridized carbons (Fsp3) is 0.286. The molecule has 0 aliphatic carbocycles. The van der Waals surface area contributed by atoms with E-state index in [9.17, 15) is 14.4 Å². The summed E-state index contributed by atoms with van der Waals surface area (Å²) in [7, 11) is 1.66. The van der Waals surface area contributed by atoms with Gasteiger partial charge >= 0.3 is 0 Å². The molecule has 1 aliphatic heterocycles. The number of ketones is 1. The van der Waals surface area contributed by atoms with Crippen molar-refractivity contribution in [3.63, 3.8) is 0 Å². The van der Waals surface area contributed by atoms with Crippen molar-refractivity contribution in [1.29, 1.82) is 0 Å². The van der Waals surface area contributed by atoms with Gasteiger partial charge in [0.25, 0.3) is 5.91 Å². The first-order chi connectivity index (χ1) is 13.3. The minimum absolute atomic E-state index is 0.0771. The van der Waals surface area contributed by atoms with E-state index in [4.69, 9.17) is 4.74 Å². The maximum Gasteiger partial charge on any atom is 0.267 e. The van der Waals surface area contributed by atoms with Crippen LogP contribution < -0.4 is 15.0 Å². The van der Waals surface area contributed by atoms with Gasteiger partial charge in [0.1, 0.15) is 5.75 Å². The number of hydrogen-bond donors (Lipinski definition) is 1. The Balaban J connectivity index is 1.64. The lowest BCUT2D eigenvalue weighted by Gasteiger charge is -2.30. The minimum atomic E-state index is -0.551. The van der Waals surface area contributed by atoms with Crippen LogP contribution in [0.4, 0.5) is 11.4 Å². The standard InChI is InChI=1S/C21H21BrN2O4/c1-12-10-15(22)5-6-16(12)23-20(26)9-7-18(25)14-4-8-19-17(11-14)24(3)21(27)13(2)28-19/h4-6,8,10-11,13H,7,9H2,1-3H3,(H,23,26). The number of hydrogen-bond acceptors (Lipinski definition) is 4. The maximum absolute atomic E-state index is 12.5. The monoisotopic (exact) mass is 444 g/mol. The number of aryl methyl sites for hydroxylation is 1. The summed E-state index contributed by atoms with van der Waals surface area (Å²) in [6, 6.07) is 10.6. The quantitative estimate of drug-likeness (QED) is 0.704. The molecule has 0 spiro atoms. The number of halogens is 1. The van der Waals surface area contributed by atoms with Crippen LogP contribution in [0.2, 0.25) is 0 Å². The van der Waals surface area contributed by atoms with Gasteiger partial charge in [0.05, 0.1) is 5.69 Å². The van der Waals surface area contributed by atoms with E-state index in [-0.39, 0.29) is 30.4 Å². The fourth-order valence-corrected chi connectivity index (χ4v) is 3.51. The van der Waals surface area contributed by atoms with Gasteiger partial charge in [-0.25, -0.2) is 0 Å². The third-order valence-electron chi connectivity index (χ3n) is 4.67. The highest BCUT2D eigenvalue weighted by molar-refractivity contribution is 9.10. The van der Waals surface area contributed by atoms with E-state index in [1.165, 1.54) is 4.90 Å². The summed E-state index contributed by atoms with van der Waals surface area (Å²) in [5.41, 5.74) is 2.67. The van der Waals surface area contributed by atoms with Gasteiger partial charge in [0.2, 0.25) is 5.91 Å². The van der Waals surface area contributed by atoms with Gasteiger partial charge in [-0.2, -0.15) is 0 Å². The van der Waals surface area contributed by atoms with Crippen LogP contribution in [-0.2, 0) is 9.59 Å². The maximum atomic E-state index is 12.5. The van der Waals surface area contributed by atoms with Crippen molar-refractivity contribution in [2.24, 2.45) is 0 Å². The number of rotatable bonds is 5.